The van der Waals surface area contributed by atoms with Gasteiger partial charge in [0.05, 0.1) is 22.1 Å². The summed E-state index contributed by atoms with van der Waals surface area (Å²) < 4.78 is 4.61. The van der Waals surface area contributed by atoms with Crippen LogP contribution in [0.3, 0.4) is 0 Å². The molecule has 20 aromatic rings. The second-order valence-corrected chi connectivity index (χ2v) is 28.1. The molecule has 2 N–H and O–H groups in total. The third-order valence-corrected chi connectivity index (χ3v) is 20.7. The Balaban J connectivity index is 0.000000136. The van der Waals surface area contributed by atoms with Gasteiger partial charge in [0.25, 0.3) is 0 Å². The van der Waals surface area contributed by atoms with E-state index >= 15 is 0 Å². The van der Waals surface area contributed by atoms with Gasteiger partial charge in [0.15, 0.2) is 29.1 Å². The third-order valence-electron chi connectivity index (χ3n) is 20.5. The lowest BCUT2D eigenvalue weighted by atomic mass is 9.79. The summed E-state index contributed by atoms with van der Waals surface area (Å²) in [7, 11) is -1.41. The molecule has 0 unspecified atom stereocenters. The van der Waals surface area contributed by atoms with Gasteiger partial charge in [-0.2, -0.15) is 9.97 Å². The van der Waals surface area contributed by atoms with Gasteiger partial charge in [-0.15, -0.1) is 0 Å². The topological polar surface area (TPSA) is 128 Å². The lowest BCUT2D eigenvalue weighted by molar-refractivity contribution is 0.426. The van der Waals surface area contributed by atoms with Crippen LogP contribution in [-0.4, -0.2) is 56.2 Å². The molecule has 0 fully saturated rings. The summed E-state index contributed by atoms with van der Waals surface area (Å²) in [6.45, 7) is 0. The van der Waals surface area contributed by atoms with E-state index in [1.807, 2.05) is 84.9 Å². The van der Waals surface area contributed by atoms with Gasteiger partial charge in [-0.05, 0) is 151 Å². The lowest BCUT2D eigenvalue weighted by Gasteiger charge is -2.12. The number of para-hydroxylation sites is 4. The van der Waals surface area contributed by atoms with Crippen LogP contribution in [0, 0.1) is 0 Å². The number of halogens is 1. The van der Waals surface area contributed by atoms with Crippen molar-refractivity contribution in [1.29, 1.82) is 0 Å². The van der Waals surface area contributed by atoms with E-state index in [2.05, 4.69) is 335 Å². The normalized spacial score (nSPS) is 11.1. The Hall–Kier alpha value is -14.6. The van der Waals surface area contributed by atoms with Crippen molar-refractivity contribution in [2.24, 2.45) is 0 Å². The first-order valence-corrected chi connectivity index (χ1v) is 38.2. The van der Waals surface area contributed by atoms with E-state index in [-0.39, 0.29) is 5.28 Å². The minimum atomic E-state index is -1.41. The van der Waals surface area contributed by atoms with Gasteiger partial charge in [0, 0.05) is 60.7 Å². The molecule has 114 heavy (non-hydrogen) atoms. The summed E-state index contributed by atoms with van der Waals surface area (Å²) in [6, 6.07) is 142. The van der Waals surface area contributed by atoms with Crippen LogP contribution in [0.2, 0.25) is 5.28 Å². The van der Waals surface area contributed by atoms with Gasteiger partial charge in [-0.25, -0.2) is 19.9 Å². The average molecular weight is 1490 g/mol. The fraction of sp³-hybridized carbons (Fsp3) is 0. The van der Waals surface area contributed by atoms with Crippen LogP contribution in [0.25, 0.3) is 179 Å². The minimum absolute atomic E-state index is 0.159. The zero-order valence-corrected chi connectivity index (χ0v) is 62.4. The van der Waals surface area contributed by atoms with E-state index < -0.39 is 7.12 Å². The second-order valence-electron chi connectivity index (χ2n) is 27.8. The smallest absolute Gasteiger partial charge is 0.423 e. The van der Waals surface area contributed by atoms with Crippen molar-refractivity contribution in [3.63, 3.8) is 0 Å². The van der Waals surface area contributed by atoms with Crippen LogP contribution >= 0.6 is 11.6 Å². The largest absolute Gasteiger partial charge is 0.488 e. The van der Waals surface area contributed by atoms with Crippen LogP contribution in [0.1, 0.15) is 0 Å². The van der Waals surface area contributed by atoms with Crippen LogP contribution in [0.5, 0.6) is 0 Å². The molecule has 0 aliphatic heterocycles. The van der Waals surface area contributed by atoms with Crippen LogP contribution in [0.4, 0.5) is 0 Å². The van der Waals surface area contributed by atoms with Crippen molar-refractivity contribution in [1.82, 2.24) is 39.0 Å². The Labute approximate surface area is 665 Å². The van der Waals surface area contributed by atoms with Gasteiger partial charge in [0.2, 0.25) is 5.28 Å². The molecule has 0 saturated heterocycles. The molecular formula is C102H70BClN8O2. The Kier molecular flexibility index (Phi) is 20.0. The van der Waals surface area contributed by atoms with Gasteiger partial charge < -0.3 is 19.2 Å². The molecule has 0 bridgehead atoms. The van der Waals surface area contributed by atoms with Gasteiger partial charge in [0.1, 0.15) is 0 Å². The number of benzene rings is 16. The molecule has 0 radical (unpaired) electrons. The maximum atomic E-state index is 9.05. The molecule has 16 aromatic carbocycles. The molecule has 0 aliphatic rings. The first kappa shape index (κ1) is 71.0. The molecule has 4 heterocycles. The Morgan fingerprint density at radius 2 is 0.421 bits per heavy atom. The van der Waals surface area contributed by atoms with Crippen molar-refractivity contribution in [2.75, 3.05) is 0 Å². The summed E-state index contributed by atoms with van der Waals surface area (Å²) in [5.41, 5.74) is 25.3. The molecule has 20 rings (SSSR count). The lowest BCUT2D eigenvalue weighted by Crippen LogP contribution is -2.29. The maximum absolute atomic E-state index is 9.05. The highest BCUT2D eigenvalue weighted by Crippen LogP contribution is 2.38. The summed E-state index contributed by atoms with van der Waals surface area (Å²) >= 11 is 6.48. The fourth-order valence-corrected chi connectivity index (χ4v) is 15.1. The van der Waals surface area contributed by atoms with E-state index in [0.717, 1.165) is 106 Å². The van der Waals surface area contributed by atoms with Crippen LogP contribution < -0.4 is 5.46 Å². The third kappa shape index (κ3) is 15.0. The molecule has 0 amide bonds. The Morgan fingerprint density at radius 3 is 0.763 bits per heavy atom. The predicted molar refractivity (Wildman–Crippen MR) is 469 cm³/mol. The standard InChI is InChI=1S/C51H34N4.C39H25ClN4.C12H11BO2/c1-3-14-35(15-4-1)39-18-11-19-40(32-39)37-28-30-38(31-29-37)49-52-50(42-21-12-20-41(33-42)36-16-5-2-6-17-36)54-51(53-49)43-22-13-23-44(34-43)55-47-26-9-7-24-45(47)46-25-8-10-27-48(46)55;40-39-42-37(28-22-20-27(21-23-28)30-13-8-12-29(24-30)26-10-2-1-3-11-26)41-38(43-39)31-14-9-15-32(25-31)44-35-18-6-4-16-33(35)34-17-5-7-19-36(34)44;14-13(15)12-8-4-7-11(9-12)10-5-2-1-3-6-10/h1-34H;1-25H;1-9,14-15H. The summed E-state index contributed by atoms with van der Waals surface area (Å²) in [4.78, 5) is 29.3. The number of hydrogen-bond acceptors (Lipinski definition) is 8. The Bertz CT molecular complexity index is 6740. The SMILES string of the molecule is Clc1nc(-c2ccc(-c3cccc(-c4ccccc4)c3)cc2)nc(-c2cccc(-n3c4ccccc4c4ccccc43)c2)n1.OB(O)c1cccc(-c2ccccc2)c1.c1ccc(-c2cccc(-c3ccc(-c4nc(-c5cccc(-c6ccccc6)c5)nc(-c5cccc(-n6c7ccccc7c7ccccc76)c5)n4)cc3)c2)cc1. The Morgan fingerprint density at radius 1 is 0.193 bits per heavy atom. The number of nitrogens with zero attached hydrogens (tertiary/aromatic N) is 8. The second kappa shape index (κ2) is 32.2. The first-order chi connectivity index (χ1) is 56.2. The van der Waals surface area contributed by atoms with Gasteiger partial charge in [-0.1, -0.05) is 346 Å². The average Bonchev–Trinajstić information content (AvgIpc) is 1.58. The number of aromatic nitrogens is 8. The quantitative estimate of drug-likeness (QED) is 0.103. The zero-order chi connectivity index (χ0) is 76.7. The number of rotatable bonds is 14. The molecule has 4 aromatic heterocycles. The molecule has 0 aliphatic carbocycles. The summed E-state index contributed by atoms with van der Waals surface area (Å²) in [6.07, 6.45) is 0. The van der Waals surface area contributed by atoms with Crippen molar-refractivity contribution in [3.8, 4) is 135 Å². The maximum Gasteiger partial charge on any atom is 0.488 e. The first-order valence-electron chi connectivity index (χ1n) is 37.8. The molecule has 12 heteroatoms. The van der Waals surface area contributed by atoms with Crippen molar-refractivity contribution < 1.29 is 10.0 Å². The predicted octanol–water partition coefficient (Wildman–Crippen LogP) is 24.3. The zero-order valence-electron chi connectivity index (χ0n) is 61.7. The molecule has 0 spiro atoms. The molecule has 0 saturated carbocycles. The number of fused-ring (bicyclic) bond motifs is 6. The minimum Gasteiger partial charge on any atom is -0.423 e. The van der Waals surface area contributed by atoms with E-state index in [1.165, 1.54) is 43.8 Å². The van der Waals surface area contributed by atoms with Gasteiger partial charge >= 0.3 is 7.12 Å². The highest BCUT2D eigenvalue weighted by Gasteiger charge is 2.20. The summed E-state index contributed by atoms with van der Waals surface area (Å²) in [5, 5.41) is 23.1. The highest BCUT2D eigenvalue weighted by molar-refractivity contribution is 6.58. The van der Waals surface area contributed by atoms with Crippen LogP contribution in [-0.2, 0) is 0 Å². The van der Waals surface area contributed by atoms with E-state index in [4.69, 9.17) is 41.6 Å². The molecule has 0 atom stereocenters. The van der Waals surface area contributed by atoms with E-state index in [1.54, 1.807) is 12.1 Å². The van der Waals surface area contributed by atoms with E-state index in [0.29, 0.717) is 34.6 Å². The summed E-state index contributed by atoms with van der Waals surface area (Å²) in [5.74, 6) is 2.93. The van der Waals surface area contributed by atoms with Crippen molar-refractivity contribution in [3.05, 3.63) is 418 Å². The molecule has 10 nitrogen and oxygen atoms in total. The van der Waals surface area contributed by atoms with Crippen molar-refractivity contribution >= 4 is 67.8 Å². The molecule has 540 valence electrons. The van der Waals surface area contributed by atoms with Gasteiger partial charge in [-0.3, -0.25) is 0 Å². The van der Waals surface area contributed by atoms with Crippen molar-refractivity contribution in [2.45, 2.75) is 0 Å². The monoisotopic (exact) mass is 1480 g/mol. The number of hydrogen-bond donors (Lipinski definition) is 2. The fourth-order valence-electron chi connectivity index (χ4n) is 15.0. The van der Waals surface area contributed by atoms with E-state index in [9.17, 15) is 0 Å². The molecular weight excluding hydrogens is 1420 g/mol. The highest BCUT2D eigenvalue weighted by atomic mass is 35.5. The van der Waals surface area contributed by atoms with Crippen LogP contribution in [0.15, 0.2) is 413 Å².